The Morgan fingerprint density at radius 3 is 2.69 bits per heavy atom. The van der Waals surface area contributed by atoms with Gasteiger partial charge in [0.15, 0.2) is 0 Å². The van der Waals surface area contributed by atoms with Crippen molar-refractivity contribution < 1.29 is 14.6 Å². The standard InChI is InChI=1S/C12H7ClO3/c13-10-8-5-9(14)16-12(8)7-4-2-1-3-6(7)11(10)15/h1-4,15H,5H2. The van der Waals surface area contributed by atoms with Gasteiger partial charge in [0.1, 0.15) is 11.5 Å². The number of aromatic hydroxyl groups is 1. The van der Waals surface area contributed by atoms with E-state index >= 15 is 0 Å². The minimum absolute atomic E-state index is 0.00863. The van der Waals surface area contributed by atoms with Gasteiger partial charge >= 0.3 is 5.97 Å². The van der Waals surface area contributed by atoms with Crippen LogP contribution in [0.3, 0.4) is 0 Å². The van der Waals surface area contributed by atoms with Crippen LogP contribution in [0.4, 0.5) is 0 Å². The maximum absolute atomic E-state index is 11.2. The number of benzene rings is 2. The molecular formula is C12H7ClO3. The molecule has 0 fully saturated rings. The molecule has 0 aromatic heterocycles. The van der Waals surface area contributed by atoms with Gasteiger partial charge in [0.25, 0.3) is 0 Å². The number of phenolic OH excluding ortho intramolecular Hbond substituents is 1. The third-order valence-electron chi connectivity index (χ3n) is 2.71. The van der Waals surface area contributed by atoms with Gasteiger partial charge in [0.05, 0.1) is 11.4 Å². The van der Waals surface area contributed by atoms with Crippen molar-refractivity contribution in [1.82, 2.24) is 0 Å². The number of carbonyl (C=O) groups excluding carboxylic acids is 1. The lowest BCUT2D eigenvalue weighted by atomic mass is 10.0. The minimum atomic E-state index is -0.340. The maximum atomic E-state index is 11.2. The molecule has 80 valence electrons. The molecule has 0 spiro atoms. The summed E-state index contributed by atoms with van der Waals surface area (Å²) in [5, 5.41) is 11.4. The minimum Gasteiger partial charge on any atom is -0.506 e. The molecule has 16 heavy (non-hydrogen) atoms. The van der Waals surface area contributed by atoms with E-state index in [2.05, 4.69) is 0 Å². The number of hydrogen-bond donors (Lipinski definition) is 1. The molecule has 1 aliphatic heterocycles. The van der Waals surface area contributed by atoms with Crippen LogP contribution in [0.2, 0.25) is 5.02 Å². The van der Waals surface area contributed by atoms with Crippen LogP contribution in [-0.4, -0.2) is 11.1 Å². The number of fused-ring (bicyclic) bond motifs is 3. The highest BCUT2D eigenvalue weighted by Gasteiger charge is 2.28. The highest BCUT2D eigenvalue weighted by Crippen LogP contribution is 2.45. The highest BCUT2D eigenvalue weighted by molar-refractivity contribution is 6.35. The van der Waals surface area contributed by atoms with E-state index in [1.807, 2.05) is 6.07 Å². The third-order valence-corrected chi connectivity index (χ3v) is 3.12. The van der Waals surface area contributed by atoms with Crippen LogP contribution in [0.5, 0.6) is 11.5 Å². The van der Waals surface area contributed by atoms with Gasteiger partial charge in [0, 0.05) is 16.3 Å². The Labute approximate surface area is 96.2 Å². The fourth-order valence-corrected chi connectivity index (χ4v) is 2.23. The van der Waals surface area contributed by atoms with E-state index in [9.17, 15) is 9.90 Å². The highest BCUT2D eigenvalue weighted by atomic mass is 35.5. The first-order valence-corrected chi connectivity index (χ1v) is 5.19. The average molecular weight is 235 g/mol. The van der Waals surface area contributed by atoms with Crippen molar-refractivity contribution >= 4 is 28.3 Å². The van der Waals surface area contributed by atoms with E-state index in [4.69, 9.17) is 16.3 Å². The van der Waals surface area contributed by atoms with Gasteiger partial charge in [-0.25, -0.2) is 0 Å². The molecule has 0 radical (unpaired) electrons. The van der Waals surface area contributed by atoms with Gasteiger partial charge in [-0.2, -0.15) is 0 Å². The van der Waals surface area contributed by atoms with Gasteiger partial charge in [-0.3, -0.25) is 4.79 Å². The summed E-state index contributed by atoms with van der Waals surface area (Å²) in [5.74, 6) is 0.144. The first-order chi connectivity index (χ1) is 7.68. The third kappa shape index (κ3) is 1.12. The molecule has 0 aliphatic carbocycles. The van der Waals surface area contributed by atoms with Crippen LogP contribution in [0, 0.1) is 0 Å². The van der Waals surface area contributed by atoms with Gasteiger partial charge < -0.3 is 9.84 Å². The van der Waals surface area contributed by atoms with Crippen LogP contribution >= 0.6 is 11.6 Å². The Balaban J connectivity index is 2.49. The van der Waals surface area contributed by atoms with Gasteiger partial charge in [-0.05, 0) is 0 Å². The predicted octanol–water partition coefficient (Wildman–Crippen LogP) is 2.66. The number of rotatable bonds is 0. The molecule has 3 nitrogen and oxygen atoms in total. The van der Waals surface area contributed by atoms with Gasteiger partial charge in [0.2, 0.25) is 0 Å². The van der Waals surface area contributed by atoms with Crippen molar-refractivity contribution in [1.29, 1.82) is 0 Å². The Morgan fingerprint density at radius 1 is 1.25 bits per heavy atom. The quantitative estimate of drug-likeness (QED) is 0.563. The number of hydrogen-bond acceptors (Lipinski definition) is 3. The van der Waals surface area contributed by atoms with Gasteiger partial charge in [-0.15, -0.1) is 0 Å². The summed E-state index contributed by atoms with van der Waals surface area (Å²) < 4.78 is 5.12. The first kappa shape index (κ1) is 9.48. The zero-order chi connectivity index (χ0) is 11.3. The average Bonchev–Trinajstić information content (AvgIpc) is 2.68. The molecule has 2 aromatic carbocycles. The summed E-state index contributed by atoms with van der Waals surface area (Å²) in [6.07, 6.45) is 0.118. The van der Waals surface area contributed by atoms with Crippen molar-refractivity contribution in [3.05, 3.63) is 34.9 Å². The SMILES string of the molecule is O=C1Cc2c(Cl)c(O)c3ccccc3c2O1. The summed E-state index contributed by atoms with van der Waals surface area (Å²) in [4.78, 5) is 11.2. The predicted molar refractivity (Wildman–Crippen MR) is 60.0 cm³/mol. The van der Waals surface area contributed by atoms with E-state index in [0.717, 1.165) is 0 Å². The topological polar surface area (TPSA) is 46.5 Å². The monoisotopic (exact) mass is 234 g/mol. The number of phenols is 1. The second-order valence-corrected chi connectivity index (χ2v) is 4.04. The van der Waals surface area contributed by atoms with Crippen molar-refractivity contribution in [2.45, 2.75) is 6.42 Å². The van der Waals surface area contributed by atoms with Crippen molar-refractivity contribution in [2.24, 2.45) is 0 Å². The van der Waals surface area contributed by atoms with Crippen LogP contribution < -0.4 is 4.74 Å². The number of halogens is 1. The fraction of sp³-hybridized carbons (Fsp3) is 0.0833. The summed E-state index contributed by atoms with van der Waals surface area (Å²) in [6.45, 7) is 0. The number of esters is 1. The van der Waals surface area contributed by atoms with Crippen molar-refractivity contribution in [2.75, 3.05) is 0 Å². The molecule has 4 heteroatoms. The van der Waals surface area contributed by atoms with Gasteiger partial charge in [-0.1, -0.05) is 35.9 Å². The Kier molecular flexibility index (Phi) is 1.85. The van der Waals surface area contributed by atoms with E-state index < -0.39 is 0 Å². The van der Waals surface area contributed by atoms with Crippen LogP contribution in [-0.2, 0) is 11.2 Å². The second-order valence-electron chi connectivity index (χ2n) is 3.67. The molecule has 0 amide bonds. The number of ether oxygens (including phenoxy) is 1. The van der Waals surface area contributed by atoms with Crippen LogP contribution in [0.25, 0.3) is 10.8 Å². The Morgan fingerprint density at radius 2 is 1.94 bits per heavy atom. The molecular weight excluding hydrogens is 228 g/mol. The van der Waals surface area contributed by atoms with Crippen LogP contribution in [0.1, 0.15) is 5.56 Å². The summed E-state index contributed by atoms with van der Waals surface area (Å²) >= 11 is 6.00. The molecule has 0 saturated heterocycles. The van der Waals surface area contributed by atoms with E-state index in [1.165, 1.54) is 0 Å². The molecule has 1 aliphatic rings. The molecule has 0 saturated carbocycles. The van der Waals surface area contributed by atoms with E-state index in [0.29, 0.717) is 22.1 Å². The first-order valence-electron chi connectivity index (χ1n) is 4.81. The number of carbonyl (C=O) groups is 1. The lowest BCUT2D eigenvalue weighted by Gasteiger charge is -2.08. The Bertz CT molecular complexity index is 619. The molecule has 1 heterocycles. The normalized spacial score (nSPS) is 13.9. The Hall–Kier alpha value is -1.74. The molecule has 0 bridgehead atoms. The summed E-state index contributed by atoms with van der Waals surface area (Å²) in [7, 11) is 0. The molecule has 3 rings (SSSR count). The molecule has 1 N–H and O–H groups in total. The van der Waals surface area contributed by atoms with Crippen molar-refractivity contribution in [3.8, 4) is 11.5 Å². The lowest BCUT2D eigenvalue weighted by Crippen LogP contribution is -2.00. The van der Waals surface area contributed by atoms with E-state index in [1.54, 1.807) is 18.2 Å². The second kappa shape index (κ2) is 3.12. The maximum Gasteiger partial charge on any atom is 0.315 e. The van der Waals surface area contributed by atoms with E-state index in [-0.39, 0.29) is 23.2 Å². The zero-order valence-corrected chi connectivity index (χ0v) is 8.91. The molecule has 2 aromatic rings. The molecule has 0 atom stereocenters. The fourth-order valence-electron chi connectivity index (χ4n) is 1.98. The zero-order valence-electron chi connectivity index (χ0n) is 8.16. The smallest absolute Gasteiger partial charge is 0.315 e. The van der Waals surface area contributed by atoms with Crippen LogP contribution in [0.15, 0.2) is 24.3 Å². The molecule has 0 unspecified atom stereocenters. The lowest BCUT2D eigenvalue weighted by molar-refractivity contribution is -0.131. The largest absolute Gasteiger partial charge is 0.506 e. The summed E-state index contributed by atoms with van der Waals surface area (Å²) in [5.41, 5.74) is 0.572. The summed E-state index contributed by atoms with van der Waals surface area (Å²) in [6, 6.07) is 7.15. The van der Waals surface area contributed by atoms with Crippen molar-refractivity contribution in [3.63, 3.8) is 0 Å².